The zero-order chi connectivity index (χ0) is 29.3. The summed E-state index contributed by atoms with van der Waals surface area (Å²) in [5.41, 5.74) is 2.62. The van der Waals surface area contributed by atoms with Crippen molar-refractivity contribution in [1.82, 2.24) is 25.5 Å². The van der Waals surface area contributed by atoms with Crippen LogP contribution in [0.3, 0.4) is 0 Å². The molecule has 2 atom stereocenters. The molecule has 1 fully saturated rings. The number of rotatable bonds is 4. The average molecular weight is 574 g/mol. The first-order chi connectivity index (χ1) is 20.5. The Kier molecular flexibility index (Phi) is 9.48. The molecule has 42 heavy (non-hydrogen) atoms. The Morgan fingerprint density at radius 1 is 1.07 bits per heavy atom. The Bertz CT molecular complexity index is 1380. The molecule has 4 bridgehead atoms. The van der Waals surface area contributed by atoms with Gasteiger partial charge in [-0.25, -0.2) is 0 Å². The minimum atomic E-state index is -0.454. The molecule has 220 valence electrons. The average Bonchev–Trinajstić information content (AvgIpc) is 3.02. The van der Waals surface area contributed by atoms with Crippen LogP contribution in [0.5, 0.6) is 17.2 Å². The molecule has 2 aromatic carbocycles. The second kappa shape index (κ2) is 13.8. The van der Waals surface area contributed by atoms with Gasteiger partial charge < -0.3 is 29.7 Å². The number of methoxy groups -OCH3 is 1. The van der Waals surface area contributed by atoms with Gasteiger partial charge in [0.2, 0.25) is 11.8 Å². The monoisotopic (exact) mass is 573 g/mol. The van der Waals surface area contributed by atoms with Gasteiger partial charge in [0.15, 0.2) is 18.1 Å². The first-order valence-corrected chi connectivity index (χ1v) is 14.1. The lowest BCUT2D eigenvalue weighted by molar-refractivity contribution is -0.135. The minimum Gasteiger partial charge on any atom is -0.493 e. The summed E-state index contributed by atoms with van der Waals surface area (Å²) in [5.74, 6) is 1.14. The molecule has 5 aliphatic rings. The van der Waals surface area contributed by atoms with Crippen LogP contribution in [0.1, 0.15) is 36.1 Å². The second-order valence-corrected chi connectivity index (χ2v) is 10.4. The largest absolute Gasteiger partial charge is 0.493 e. The fraction of sp³-hybridized carbons (Fsp3) is 0.387. The van der Waals surface area contributed by atoms with Gasteiger partial charge >= 0.3 is 0 Å². The Labute approximate surface area is 244 Å². The molecule has 6 heterocycles. The van der Waals surface area contributed by atoms with Crippen molar-refractivity contribution >= 4 is 17.7 Å². The van der Waals surface area contributed by atoms with E-state index in [0.29, 0.717) is 69.0 Å². The Balaban J connectivity index is 1.32. The fourth-order valence-corrected chi connectivity index (χ4v) is 5.07. The van der Waals surface area contributed by atoms with Gasteiger partial charge in [0.05, 0.1) is 18.8 Å². The Morgan fingerprint density at radius 2 is 1.90 bits per heavy atom. The molecule has 11 nitrogen and oxygen atoms in total. The molecule has 11 heteroatoms. The van der Waals surface area contributed by atoms with Crippen LogP contribution in [0.4, 0.5) is 0 Å². The predicted octanol–water partition coefficient (Wildman–Crippen LogP) is 2.22. The van der Waals surface area contributed by atoms with Gasteiger partial charge in [-0.1, -0.05) is 18.2 Å². The smallest absolute Gasteiger partial charge is 0.258 e. The van der Waals surface area contributed by atoms with Crippen LogP contribution < -0.4 is 24.8 Å². The van der Waals surface area contributed by atoms with Crippen molar-refractivity contribution in [3.8, 4) is 17.2 Å². The van der Waals surface area contributed by atoms with Crippen LogP contribution in [-0.4, -0.2) is 71.5 Å². The van der Waals surface area contributed by atoms with E-state index >= 15 is 0 Å². The van der Waals surface area contributed by atoms with E-state index in [2.05, 4.69) is 20.6 Å². The molecule has 8 rings (SSSR count). The maximum absolute atomic E-state index is 13.1. The highest BCUT2D eigenvalue weighted by Crippen LogP contribution is 2.29. The lowest BCUT2D eigenvalue weighted by Gasteiger charge is -2.39. The van der Waals surface area contributed by atoms with Gasteiger partial charge in [0.25, 0.3) is 5.91 Å². The van der Waals surface area contributed by atoms with Gasteiger partial charge in [0, 0.05) is 57.5 Å². The number of likely N-dealkylation sites (tertiary alicyclic amines) is 1. The normalized spacial score (nSPS) is 19.5. The number of carbonyl (C=O) groups excluding carboxylic acids is 3. The summed E-state index contributed by atoms with van der Waals surface area (Å²) in [6.45, 7) is 0.970. The number of ether oxygens (including phenoxy) is 3. The summed E-state index contributed by atoms with van der Waals surface area (Å²) in [6.07, 6.45) is 6.69. The standard InChI is InChI=1S/C31H35N5O6/c1-40-28-16-21-4-9-27(28)41-20-30(38)35-25-19-36(31(39)11-6-23-18-32-13-14-33-23)15-12-26(25)42-24-7-2-22(3-8-24)17-34-29(37)10-5-21/h2-4,7-9,13-14,16,18,25-26H,5-6,10-12,15,17,19-20H2,1H3,(H,34,37)(H,35,38)/t25-,26-/m1/s1. The molecule has 0 aliphatic carbocycles. The molecular formula is C31H35N5O6. The first-order valence-electron chi connectivity index (χ1n) is 14.1. The fourth-order valence-electron chi connectivity index (χ4n) is 5.07. The van der Waals surface area contributed by atoms with Crippen molar-refractivity contribution in [2.75, 3.05) is 26.8 Å². The van der Waals surface area contributed by atoms with Gasteiger partial charge in [0.1, 0.15) is 11.9 Å². The van der Waals surface area contributed by atoms with Gasteiger partial charge in [-0.05, 0) is 48.2 Å². The SMILES string of the molecule is COc1cc2ccc1OCC(=O)N[C@@H]1CN(C(=O)CCc3cnccn3)CC[C@H]1Oc1ccc(cc1)CNC(=O)CC2. The van der Waals surface area contributed by atoms with Crippen LogP contribution in [0.15, 0.2) is 61.1 Å². The maximum atomic E-state index is 13.1. The molecule has 3 amide bonds. The molecule has 0 radical (unpaired) electrons. The van der Waals surface area contributed by atoms with E-state index in [4.69, 9.17) is 14.2 Å². The molecular weight excluding hydrogens is 538 g/mol. The third-order valence-electron chi connectivity index (χ3n) is 7.39. The summed E-state index contributed by atoms with van der Waals surface area (Å²) in [7, 11) is 1.53. The molecule has 5 aliphatic heterocycles. The first kappa shape index (κ1) is 28.8. The quantitative estimate of drug-likeness (QED) is 0.486. The van der Waals surface area contributed by atoms with E-state index in [-0.39, 0.29) is 30.4 Å². The highest BCUT2D eigenvalue weighted by Gasteiger charge is 2.34. The zero-order valence-corrected chi connectivity index (χ0v) is 23.6. The summed E-state index contributed by atoms with van der Waals surface area (Å²) >= 11 is 0. The lowest BCUT2D eigenvalue weighted by atomic mass is 10.0. The number of carbonyl (C=O) groups is 3. The Morgan fingerprint density at radius 3 is 2.69 bits per heavy atom. The summed E-state index contributed by atoms with van der Waals surface area (Å²) in [6, 6.07) is 12.5. The highest BCUT2D eigenvalue weighted by atomic mass is 16.5. The number of nitrogens with zero attached hydrogens (tertiary/aromatic N) is 3. The second-order valence-electron chi connectivity index (χ2n) is 10.4. The Hall–Kier alpha value is -4.67. The summed E-state index contributed by atoms with van der Waals surface area (Å²) in [4.78, 5) is 48.7. The van der Waals surface area contributed by atoms with Crippen LogP contribution >= 0.6 is 0 Å². The summed E-state index contributed by atoms with van der Waals surface area (Å²) < 4.78 is 17.6. The lowest BCUT2D eigenvalue weighted by Crippen LogP contribution is -2.58. The number of piperidine rings is 1. The van der Waals surface area contributed by atoms with Crippen LogP contribution in [0.2, 0.25) is 0 Å². The topological polar surface area (TPSA) is 132 Å². The van der Waals surface area contributed by atoms with Crippen LogP contribution in [0, 0.1) is 0 Å². The minimum absolute atomic E-state index is 0.0210. The van der Waals surface area contributed by atoms with Gasteiger partial charge in [-0.3, -0.25) is 24.4 Å². The third-order valence-corrected chi connectivity index (χ3v) is 7.39. The highest BCUT2D eigenvalue weighted by molar-refractivity contribution is 5.79. The van der Waals surface area contributed by atoms with Crippen molar-refractivity contribution in [3.05, 3.63) is 77.9 Å². The predicted molar refractivity (Wildman–Crippen MR) is 153 cm³/mol. The van der Waals surface area contributed by atoms with Crippen LogP contribution in [0.25, 0.3) is 0 Å². The molecule has 1 saturated heterocycles. The maximum Gasteiger partial charge on any atom is 0.258 e. The number of hydrogen-bond donors (Lipinski definition) is 2. The van der Waals surface area contributed by atoms with Crippen molar-refractivity contribution in [2.45, 2.75) is 50.8 Å². The van der Waals surface area contributed by atoms with Crippen molar-refractivity contribution in [2.24, 2.45) is 0 Å². The van der Waals surface area contributed by atoms with E-state index in [1.807, 2.05) is 36.4 Å². The zero-order valence-electron chi connectivity index (χ0n) is 23.6. The van der Waals surface area contributed by atoms with E-state index in [1.54, 1.807) is 29.6 Å². The van der Waals surface area contributed by atoms with E-state index in [1.165, 1.54) is 7.11 Å². The number of hydrogen-bond acceptors (Lipinski definition) is 8. The number of amides is 3. The molecule has 0 spiro atoms. The van der Waals surface area contributed by atoms with Gasteiger partial charge in [-0.15, -0.1) is 0 Å². The molecule has 2 N–H and O–H groups in total. The molecule has 1 aromatic heterocycles. The number of nitrogens with one attached hydrogen (secondary N) is 2. The van der Waals surface area contributed by atoms with E-state index < -0.39 is 6.04 Å². The van der Waals surface area contributed by atoms with Crippen molar-refractivity contribution < 1.29 is 28.6 Å². The van der Waals surface area contributed by atoms with Crippen molar-refractivity contribution in [3.63, 3.8) is 0 Å². The number of aromatic nitrogens is 2. The molecule has 0 saturated carbocycles. The number of aryl methyl sites for hydroxylation is 2. The van der Waals surface area contributed by atoms with E-state index in [9.17, 15) is 14.4 Å². The third kappa shape index (κ3) is 7.74. The van der Waals surface area contributed by atoms with Crippen LogP contribution in [-0.2, 0) is 33.8 Å². The van der Waals surface area contributed by atoms with E-state index in [0.717, 1.165) is 16.8 Å². The van der Waals surface area contributed by atoms with Gasteiger partial charge in [-0.2, -0.15) is 0 Å². The number of benzene rings is 2. The molecule has 3 aromatic rings. The summed E-state index contributed by atoms with van der Waals surface area (Å²) in [5, 5.41) is 5.99. The van der Waals surface area contributed by atoms with Crippen molar-refractivity contribution in [1.29, 1.82) is 0 Å². The molecule has 0 unspecified atom stereocenters.